The Morgan fingerprint density at radius 2 is 2.11 bits per heavy atom. The Morgan fingerprint density at radius 1 is 1.33 bits per heavy atom. The third-order valence-corrected chi connectivity index (χ3v) is 2.92. The monoisotopic (exact) mass is 249 g/mol. The zero-order chi connectivity index (χ0) is 13.1. The minimum absolute atomic E-state index is 0.0515. The van der Waals surface area contributed by atoms with Crippen LogP contribution in [0.25, 0.3) is 0 Å². The molecule has 0 radical (unpaired) electrons. The Kier molecular flexibility index (Phi) is 3.62. The summed E-state index contributed by atoms with van der Waals surface area (Å²) in [5.74, 6) is -0.478. The topological polar surface area (TPSA) is 50.1 Å². The van der Waals surface area contributed by atoms with Crippen LogP contribution in [0.5, 0.6) is 5.75 Å². The predicted molar refractivity (Wildman–Crippen MR) is 66.6 cm³/mol. The third-order valence-electron chi connectivity index (χ3n) is 2.92. The number of rotatable bonds is 4. The molecule has 1 heterocycles. The zero-order valence-corrected chi connectivity index (χ0v) is 10.4. The summed E-state index contributed by atoms with van der Waals surface area (Å²) in [6.45, 7) is 3.16. The van der Waals surface area contributed by atoms with Gasteiger partial charge in [0.25, 0.3) is 0 Å². The summed E-state index contributed by atoms with van der Waals surface area (Å²) in [5, 5.41) is 16.6. The molecule has 4 nitrogen and oxygen atoms in total. The maximum absolute atomic E-state index is 13.0. The van der Waals surface area contributed by atoms with Crippen LogP contribution in [-0.4, -0.2) is 14.9 Å². The number of phenolic OH excluding ortho intramolecular Hbond substituents is 1. The summed E-state index contributed by atoms with van der Waals surface area (Å²) in [5.41, 5.74) is 2.93. The Labute approximate surface area is 105 Å². The minimum Gasteiger partial charge on any atom is -0.508 e. The second kappa shape index (κ2) is 5.18. The number of aromatic hydroxyl groups is 1. The molecule has 5 heteroatoms. The van der Waals surface area contributed by atoms with Crippen molar-refractivity contribution >= 4 is 0 Å². The molecule has 0 aliphatic carbocycles. The van der Waals surface area contributed by atoms with Gasteiger partial charge < -0.3 is 10.4 Å². The largest absolute Gasteiger partial charge is 0.508 e. The highest BCUT2D eigenvalue weighted by Gasteiger charge is 2.04. The predicted octanol–water partition coefficient (Wildman–Crippen LogP) is 1.86. The highest BCUT2D eigenvalue weighted by Crippen LogP contribution is 2.14. The van der Waals surface area contributed by atoms with E-state index < -0.39 is 5.82 Å². The van der Waals surface area contributed by atoms with Crippen LogP contribution in [0.15, 0.2) is 24.4 Å². The lowest BCUT2D eigenvalue weighted by Crippen LogP contribution is -2.13. The summed E-state index contributed by atoms with van der Waals surface area (Å²) < 4.78 is 14.9. The molecule has 0 aliphatic rings. The van der Waals surface area contributed by atoms with Gasteiger partial charge in [0.1, 0.15) is 11.6 Å². The third kappa shape index (κ3) is 2.87. The van der Waals surface area contributed by atoms with E-state index >= 15 is 0 Å². The molecule has 0 amide bonds. The number of aryl methyl sites for hydroxylation is 1. The SMILES string of the molecule is Cc1c(CNCc2cc(O)cc(F)c2)cnn1C. The van der Waals surface area contributed by atoms with E-state index in [0.717, 1.165) is 17.3 Å². The van der Waals surface area contributed by atoms with Gasteiger partial charge in [0.15, 0.2) is 0 Å². The van der Waals surface area contributed by atoms with Gasteiger partial charge in [-0.15, -0.1) is 0 Å². The molecule has 0 bridgehead atoms. The van der Waals surface area contributed by atoms with Crippen LogP contribution in [0.4, 0.5) is 4.39 Å². The van der Waals surface area contributed by atoms with Crippen molar-refractivity contribution in [2.24, 2.45) is 7.05 Å². The lowest BCUT2D eigenvalue weighted by Gasteiger charge is -2.05. The fraction of sp³-hybridized carbons (Fsp3) is 0.308. The summed E-state index contributed by atoms with van der Waals surface area (Å²) in [6, 6.07) is 4.05. The van der Waals surface area contributed by atoms with Crippen molar-refractivity contribution in [2.45, 2.75) is 20.0 Å². The lowest BCUT2D eigenvalue weighted by molar-refractivity contribution is 0.467. The van der Waals surface area contributed by atoms with Crippen molar-refractivity contribution in [1.29, 1.82) is 0 Å². The van der Waals surface area contributed by atoms with E-state index in [1.165, 1.54) is 6.07 Å². The molecule has 0 atom stereocenters. The molecule has 0 unspecified atom stereocenters. The molecule has 2 aromatic rings. The molecule has 0 spiro atoms. The van der Waals surface area contributed by atoms with Gasteiger partial charge in [0.05, 0.1) is 6.20 Å². The van der Waals surface area contributed by atoms with Gasteiger partial charge in [0.2, 0.25) is 0 Å². The molecule has 18 heavy (non-hydrogen) atoms. The highest BCUT2D eigenvalue weighted by molar-refractivity contribution is 5.28. The van der Waals surface area contributed by atoms with Gasteiger partial charge in [-0.1, -0.05) is 0 Å². The first-order valence-corrected chi connectivity index (χ1v) is 5.73. The lowest BCUT2D eigenvalue weighted by atomic mass is 10.2. The van der Waals surface area contributed by atoms with Crippen molar-refractivity contribution in [3.8, 4) is 5.75 Å². The van der Waals surface area contributed by atoms with Crippen molar-refractivity contribution in [2.75, 3.05) is 0 Å². The molecule has 0 saturated heterocycles. The molecular weight excluding hydrogens is 233 g/mol. The molecule has 0 saturated carbocycles. The fourth-order valence-corrected chi connectivity index (χ4v) is 1.79. The van der Waals surface area contributed by atoms with Gasteiger partial charge in [-0.25, -0.2) is 4.39 Å². The first-order valence-electron chi connectivity index (χ1n) is 5.73. The van der Waals surface area contributed by atoms with Crippen LogP contribution in [0.1, 0.15) is 16.8 Å². The first kappa shape index (κ1) is 12.6. The second-order valence-electron chi connectivity index (χ2n) is 4.30. The number of benzene rings is 1. The molecular formula is C13H16FN3O. The number of hydrogen-bond donors (Lipinski definition) is 2. The van der Waals surface area contributed by atoms with E-state index in [1.54, 1.807) is 6.07 Å². The zero-order valence-electron chi connectivity index (χ0n) is 10.4. The quantitative estimate of drug-likeness (QED) is 0.869. The van der Waals surface area contributed by atoms with Crippen LogP contribution < -0.4 is 5.32 Å². The van der Waals surface area contributed by atoms with Crippen LogP contribution >= 0.6 is 0 Å². The molecule has 0 aliphatic heterocycles. The van der Waals surface area contributed by atoms with E-state index in [4.69, 9.17) is 0 Å². The van der Waals surface area contributed by atoms with Crippen LogP contribution in [-0.2, 0) is 20.1 Å². The fourth-order valence-electron chi connectivity index (χ4n) is 1.79. The van der Waals surface area contributed by atoms with Crippen LogP contribution in [0.3, 0.4) is 0 Å². The molecule has 1 aromatic carbocycles. The molecule has 0 fully saturated rings. The van der Waals surface area contributed by atoms with Crippen molar-refractivity contribution in [1.82, 2.24) is 15.1 Å². The van der Waals surface area contributed by atoms with E-state index in [0.29, 0.717) is 18.7 Å². The molecule has 2 N–H and O–H groups in total. The van der Waals surface area contributed by atoms with E-state index in [2.05, 4.69) is 10.4 Å². The van der Waals surface area contributed by atoms with Gasteiger partial charge in [-0.05, 0) is 24.6 Å². The average Bonchev–Trinajstić information content (AvgIpc) is 2.59. The smallest absolute Gasteiger partial charge is 0.127 e. The summed E-state index contributed by atoms with van der Waals surface area (Å²) in [7, 11) is 1.89. The van der Waals surface area contributed by atoms with E-state index in [9.17, 15) is 9.50 Å². The molecule has 1 aromatic heterocycles. The Balaban J connectivity index is 1.94. The van der Waals surface area contributed by atoms with Crippen molar-refractivity contribution < 1.29 is 9.50 Å². The Hall–Kier alpha value is -1.88. The van der Waals surface area contributed by atoms with E-state index in [-0.39, 0.29) is 5.75 Å². The van der Waals surface area contributed by atoms with Crippen molar-refractivity contribution in [3.63, 3.8) is 0 Å². The number of hydrogen-bond acceptors (Lipinski definition) is 3. The number of nitrogens with one attached hydrogen (secondary N) is 1. The normalized spacial score (nSPS) is 10.8. The Morgan fingerprint density at radius 3 is 2.72 bits per heavy atom. The van der Waals surface area contributed by atoms with Gasteiger partial charge in [-0.2, -0.15) is 5.10 Å². The Bertz CT molecular complexity index is 531. The molecule has 96 valence electrons. The number of aromatic nitrogens is 2. The highest BCUT2D eigenvalue weighted by atomic mass is 19.1. The summed E-state index contributed by atoms with van der Waals surface area (Å²) in [4.78, 5) is 0. The van der Waals surface area contributed by atoms with Gasteiger partial charge >= 0.3 is 0 Å². The summed E-state index contributed by atoms with van der Waals surface area (Å²) in [6.07, 6.45) is 1.81. The van der Waals surface area contributed by atoms with Crippen LogP contribution in [0.2, 0.25) is 0 Å². The molecule has 2 rings (SSSR count). The number of nitrogens with zero attached hydrogens (tertiary/aromatic N) is 2. The van der Waals surface area contributed by atoms with Gasteiger partial charge in [0, 0.05) is 37.5 Å². The summed E-state index contributed by atoms with van der Waals surface area (Å²) >= 11 is 0. The number of phenols is 1. The van der Waals surface area contributed by atoms with E-state index in [1.807, 2.05) is 24.9 Å². The van der Waals surface area contributed by atoms with Crippen LogP contribution in [0, 0.1) is 12.7 Å². The average molecular weight is 249 g/mol. The maximum Gasteiger partial charge on any atom is 0.127 e. The van der Waals surface area contributed by atoms with Crippen molar-refractivity contribution in [3.05, 3.63) is 47.0 Å². The van der Waals surface area contributed by atoms with Gasteiger partial charge in [-0.3, -0.25) is 4.68 Å². The minimum atomic E-state index is -0.427. The second-order valence-corrected chi connectivity index (χ2v) is 4.30. The first-order chi connectivity index (χ1) is 8.56. The number of halogens is 1. The maximum atomic E-state index is 13.0. The standard InChI is InChI=1S/C13H16FN3O/c1-9-11(8-16-17(9)2)7-15-6-10-3-12(14)5-13(18)4-10/h3-5,8,15,18H,6-7H2,1-2H3.